The summed E-state index contributed by atoms with van der Waals surface area (Å²) in [5.41, 5.74) is 0.776. The molecule has 5 nitrogen and oxygen atoms in total. The van der Waals surface area contributed by atoms with E-state index in [0.717, 1.165) is 29.4 Å². The molecule has 2 saturated heterocycles. The molecule has 2 heterocycles. The predicted octanol–water partition coefficient (Wildman–Crippen LogP) is 1.44. The molecule has 2 fully saturated rings. The summed E-state index contributed by atoms with van der Waals surface area (Å²) >= 11 is 0. The number of benzene rings is 1. The standard InChI is InChI=1S/C19H28NO4/c1-3-20(2)14-9-15(11-17(20)18(22)10-14)24-19(23)16(12-21)13-7-5-4-6-8-13/h4-8,14-18,21-22H,3,9-12H2,1-2H3/q+1/t14?,15-,16+,17-,18+,20?/m0/s1. The Balaban J connectivity index is 1.68. The van der Waals surface area contributed by atoms with Crippen LogP contribution >= 0.6 is 0 Å². The van der Waals surface area contributed by atoms with Gasteiger partial charge in [0.1, 0.15) is 24.2 Å². The molecule has 0 amide bonds. The van der Waals surface area contributed by atoms with Gasteiger partial charge in [0.15, 0.2) is 0 Å². The number of aliphatic hydroxyl groups is 2. The molecule has 132 valence electrons. The minimum atomic E-state index is -0.636. The maximum Gasteiger partial charge on any atom is 0.316 e. The van der Waals surface area contributed by atoms with E-state index in [4.69, 9.17) is 4.74 Å². The lowest BCUT2D eigenvalue weighted by atomic mass is 9.95. The second-order valence-corrected chi connectivity index (χ2v) is 7.36. The Morgan fingerprint density at radius 2 is 2.00 bits per heavy atom. The van der Waals surface area contributed by atoms with Crippen LogP contribution in [0.1, 0.15) is 37.7 Å². The second-order valence-electron chi connectivity index (χ2n) is 7.36. The van der Waals surface area contributed by atoms with Crippen LogP contribution in [0, 0.1) is 0 Å². The van der Waals surface area contributed by atoms with Crippen LogP contribution in [0.3, 0.4) is 0 Å². The second kappa shape index (κ2) is 6.82. The third-order valence-corrected chi connectivity index (χ3v) is 6.22. The fraction of sp³-hybridized carbons (Fsp3) is 0.632. The first-order valence-electron chi connectivity index (χ1n) is 8.88. The van der Waals surface area contributed by atoms with Crippen molar-refractivity contribution >= 4 is 5.97 Å². The predicted molar refractivity (Wildman–Crippen MR) is 90.3 cm³/mol. The van der Waals surface area contributed by atoms with Crippen LogP contribution in [-0.4, -0.2) is 65.2 Å². The van der Waals surface area contributed by atoms with Gasteiger partial charge in [0, 0.05) is 19.3 Å². The molecule has 24 heavy (non-hydrogen) atoms. The van der Waals surface area contributed by atoms with E-state index in [2.05, 4.69) is 14.0 Å². The highest BCUT2D eigenvalue weighted by Gasteiger charge is 2.56. The molecule has 2 N–H and O–H groups in total. The first-order valence-corrected chi connectivity index (χ1v) is 8.88. The largest absolute Gasteiger partial charge is 0.461 e. The van der Waals surface area contributed by atoms with Gasteiger partial charge in [-0.3, -0.25) is 4.79 Å². The number of rotatable bonds is 5. The molecular weight excluding hydrogens is 306 g/mol. The van der Waals surface area contributed by atoms with Gasteiger partial charge in [-0.1, -0.05) is 30.3 Å². The number of nitrogens with zero attached hydrogens (tertiary/aromatic N) is 1. The van der Waals surface area contributed by atoms with Crippen molar-refractivity contribution in [1.82, 2.24) is 0 Å². The van der Waals surface area contributed by atoms with Gasteiger partial charge in [-0.15, -0.1) is 0 Å². The fourth-order valence-electron chi connectivity index (χ4n) is 4.58. The Bertz CT molecular complexity index is 578. The van der Waals surface area contributed by atoms with Crippen molar-refractivity contribution in [2.45, 2.75) is 56.4 Å². The number of aliphatic hydroxyl groups excluding tert-OH is 2. The maximum absolute atomic E-state index is 12.5. The summed E-state index contributed by atoms with van der Waals surface area (Å²) in [7, 11) is 2.20. The van der Waals surface area contributed by atoms with E-state index < -0.39 is 5.92 Å². The lowest BCUT2D eigenvalue weighted by Gasteiger charge is -2.46. The molecule has 2 aliphatic rings. The number of carbonyl (C=O) groups is 1. The van der Waals surface area contributed by atoms with Crippen LogP contribution < -0.4 is 0 Å². The molecule has 2 aliphatic heterocycles. The Labute approximate surface area is 143 Å². The molecule has 6 atom stereocenters. The number of quaternary nitrogens is 1. The number of likely N-dealkylation sites (N-methyl/N-ethyl adjacent to an activating group) is 1. The van der Waals surface area contributed by atoms with E-state index in [9.17, 15) is 15.0 Å². The Morgan fingerprint density at radius 3 is 2.58 bits per heavy atom. The van der Waals surface area contributed by atoms with Crippen LogP contribution in [0.4, 0.5) is 0 Å². The molecule has 5 heteroatoms. The van der Waals surface area contributed by atoms with Crippen molar-refractivity contribution in [3.63, 3.8) is 0 Å². The lowest BCUT2D eigenvalue weighted by Crippen LogP contribution is -2.60. The molecule has 1 aromatic carbocycles. The summed E-state index contributed by atoms with van der Waals surface area (Å²) in [6, 6.07) is 9.73. The van der Waals surface area contributed by atoms with E-state index in [-0.39, 0.29) is 30.8 Å². The molecule has 0 aromatic heterocycles. The van der Waals surface area contributed by atoms with Crippen LogP contribution in [0.5, 0.6) is 0 Å². The van der Waals surface area contributed by atoms with E-state index in [1.54, 1.807) is 0 Å². The molecule has 1 aromatic rings. The lowest BCUT2D eigenvalue weighted by molar-refractivity contribution is -0.949. The SMILES string of the molecule is CC[N+]1(C)C2C[C@H](OC(=O)[C@H](CO)c3ccccc3)C[C@H]1[C@H](O)C2. The van der Waals surface area contributed by atoms with Crippen molar-refractivity contribution < 1.29 is 24.2 Å². The van der Waals surface area contributed by atoms with Gasteiger partial charge in [-0.2, -0.15) is 0 Å². The minimum absolute atomic E-state index is 0.135. The van der Waals surface area contributed by atoms with E-state index in [1.165, 1.54) is 0 Å². The highest BCUT2D eigenvalue weighted by Crippen LogP contribution is 2.42. The van der Waals surface area contributed by atoms with Gasteiger partial charge in [0.2, 0.25) is 0 Å². The van der Waals surface area contributed by atoms with Crippen LogP contribution in [0.15, 0.2) is 30.3 Å². The first-order chi connectivity index (χ1) is 11.5. The molecule has 0 radical (unpaired) electrons. The van der Waals surface area contributed by atoms with Crippen LogP contribution in [0.2, 0.25) is 0 Å². The monoisotopic (exact) mass is 334 g/mol. The third kappa shape index (κ3) is 2.96. The van der Waals surface area contributed by atoms with Gasteiger partial charge in [-0.25, -0.2) is 0 Å². The molecule has 3 rings (SSSR count). The zero-order valence-electron chi connectivity index (χ0n) is 14.5. The van der Waals surface area contributed by atoms with E-state index in [0.29, 0.717) is 12.5 Å². The molecule has 0 saturated carbocycles. The molecule has 0 spiro atoms. The number of piperidine rings is 1. The normalized spacial score (nSPS) is 36.3. The van der Waals surface area contributed by atoms with E-state index in [1.807, 2.05) is 30.3 Å². The number of ether oxygens (including phenoxy) is 1. The zero-order chi connectivity index (χ0) is 17.3. The summed E-state index contributed by atoms with van der Waals surface area (Å²) < 4.78 is 6.62. The molecular formula is C19H28NO4+. The molecule has 2 bridgehead atoms. The van der Waals surface area contributed by atoms with Gasteiger partial charge in [0.05, 0.1) is 26.2 Å². The number of carbonyl (C=O) groups excluding carboxylic acids is 1. The highest BCUT2D eigenvalue weighted by molar-refractivity contribution is 5.78. The number of hydrogen-bond acceptors (Lipinski definition) is 4. The first kappa shape index (κ1) is 17.4. The quantitative estimate of drug-likeness (QED) is 0.632. The van der Waals surface area contributed by atoms with Crippen molar-refractivity contribution in [3.8, 4) is 0 Å². The van der Waals surface area contributed by atoms with Crippen molar-refractivity contribution in [2.24, 2.45) is 0 Å². The van der Waals surface area contributed by atoms with Gasteiger partial charge in [-0.05, 0) is 12.5 Å². The zero-order valence-corrected chi connectivity index (χ0v) is 14.5. The summed E-state index contributed by atoms with van der Waals surface area (Å²) in [6.45, 7) is 2.88. The van der Waals surface area contributed by atoms with Crippen molar-refractivity contribution in [2.75, 3.05) is 20.2 Å². The Morgan fingerprint density at radius 1 is 1.29 bits per heavy atom. The van der Waals surface area contributed by atoms with Gasteiger partial charge in [0.25, 0.3) is 0 Å². The highest BCUT2D eigenvalue weighted by atomic mass is 16.5. The van der Waals surface area contributed by atoms with Gasteiger partial charge < -0.3 is 19.4 Å². The van der Waals surface area contributed by atoms with Crippen LogP contribution in [-0.2, 0) is 9.53 Å². The van der Waals surface area contributed by atoms with E-state index >= 15 is 0 Å². The van der Waals surface area contributed by atoms with Crippen molar-refractivity contribution in [1.29, 1.82) is 0 Å². The smallest absolute Gasteiger partial charge is 0.316 e. The molecule has 0 aliphatic carbocycles. The topological polar surface area (TPSA) is 66.8 Å². The summed E-state index contributed by atoms with van der Waals surface area (Å²) in [5, 5.41) is 20.0. The Kier molecular flexibility index (Phi) is 4.95. The fourth-order valence-corrected chi connectivity index (χ4v) is 4.58. The average molecular weight is 334 g/mol. The minimum Gasteiger partial charge on any atom is -0.461 e. The number of hydrogen-bond donors (Lipinski definition) is 2. The summed E-state index contributed by atoms with van der Waals surface area (Å²) in [6.07, 6.45) is 1.79. The average Bonchev–Trinajstić information content (AvgIpc) is 2.71. The third-order valence-electron chi connectivity index (χ3n) is 6.22. The maximum atomic E-state index is 12.5. The number of fused-ring (bicyclic) bond motifs is 2. The summed E-state index contributed by atoms with van der Waals surface area (Å²) in [5.74, 6) is -1.00. The number of esters is 1. The van der Waals surface area contributed by atoms with Crippen molar-refractivity contribution in [3.05, 3.63) is 35.9 Å². The summed E-state index contributed by atoms with van der Waals surface area (Å²) in [4.78, 5) is 12.5. The molecule has 2 unspecified atom stereocenters. The Hall–Kier alpha value is -1.43. The van der Waals surface area contributed by atoms with Crippen LogP contribution in [0.25, 0.3) is 0 Å². The van der Waals surface area contributed by atoms with Gasteiger partial charge >= 0.3 is 5.97 Å².